The number of anilines is 2. The van der Waals surface area contributed by atoms with E-state index in [0.29, 0.717) is 30.2 Å². The summed E-state index contributed by atoms with van der Waals surface area (Å²) in [7, 11) is 3.08. The number of carbonyl (C=O) groups excluding carboxylic acids is 2. The van der Waals surface area contributed by atoms with Gasteiger partial charge in [-0.2, -0.15) is 0 Å². The summed E-state index contributed by atoms with van der Waals surface area (Å²) >= 11 is 0. The van der Waals surface area contributed by atoms with E-state index < -0.39 is 12.1 Å². The maximum Gasteiger partial charge on any atom is 0.320 e. The number of carbonyl (C=O) groups is 2. The summed E-state index contributed by atoms with van der Waals surface area (Å²) in [5.74, 6) is 0.937. The molecule has 0 saturated heterocycles. The van der Waals surface area contributed by atoms with E-state index in [-0.39, 0.29) is 5.91 Å². The molecule has 0 fully saturated rings. The Morgan fingerprint density at radius 1 is 0.970 bits per heavy atom. The Bertz CT molecular complexity index is 1130. The normalized spacial score (nSPS) is 13.1. The predicted molar refractivity (Wildman–Crippen MR) is 128 cm³/mol. The molecule has 0 unspecified atom stereocenters. The Labute approximate surface area is 193 Å². The highest BCUT2D eigenvalue weighted by atomic mass is 16.5. The number of rotatable bonds is 7. The van der Waals surface area contributed by atoms with Gasteiger partial charge in [-0.25, -0.2) is 4.79 Å². The van der Waals surface area contributed by atoms with Crippen molar-refractivity contribution in [3.05, 3.63) is 83.9 Å². The summed E-state index contributed by atoms with van der Waals surface area (Å²) in [6, 6.07) is 21.4. The number of benzene rings is 3. The Balaban J connectivity index is 1.54. The van der Waals surface area contributed by atoms with Crippen molar-refractivity contribution in [2.24, 2.45) is 0 Å². The minimum Gasteiger partial charge on any atom is -0.497 e. The van der Waals surface area contributed by atoms with Crippen LogP contribution in [0.1, 0.15) is 11.1 Å². The lowest BCUT2D eigenvalue weighted by molar-refractivity contribution is -0.120. The van der Waals surface area contributed by atoms with Gasteiger partial charge in [-0.1, -0.05) is 48.5 Å². The van der Waals surface area contributed by atoms with E-state index in [9.17, 15) is 9.59 Å². The SMILES string of the molecule is COc1ccc(NC(=O)N[C@H](Cc2ccccc2)C(=O)N2CCc3ccccc32)c(OC)c1. The second-order valence-corrected chi connectivity index (χ2v) is 7.78. The summed E-state index contributed by atoms with van der Waals surface area (Å²) in [6.45, 7) is 0.596. The summed E-state index contributed by atoms with van der Waals surface area (Å²) < 4.78 is 10.6. The number of hydrogen-bond donors (Lipinski definition) is 2. The van der Waals surface area contributed by atoms with E-state index >= 15 is 0 Å². The fourth-order valence-electron chi connectivity index (χ4n) is 4.02. The fourth-order valence-corrected chi connectivity index (χ4v) is 4.02. The summed E-state index contributed by atoms with van der Waals surface area (Å²) in [5, 5.41) is 5.67. The van der Waals surface area contributed by atoms with Gasteiger partial charge in [0.2, 0.25) is 5.91 Å². The van der Waals surface area contributed by atoms with E-state index in [1.54, 1.807) is 30.2 Å². The molecule has 1 aliphatic rings. The van der Waals surface area contributed by atoms with Crippen molar-refractivity contribution in [3.8, 4) is 11.5 Å². The average molecular weight is 446 g/mol. The lowest BCUT2D eigenvalue weighted by atomic mass is 10.0. The lowest BCUT2D eigenvalue weighted by Gasteiger charge is -2.25. The van der Waals surface area contributed by atoms with Crippen LogP contribution < -0.4 is 25.0 Å². The third-order valence-corrected chi connectivity index (χ3v) is 5.70. The van der Waals surface area contributed by atoms with Crippen LogP contribution in [0.4, 0.5) is 16.2 Å². The molecule has 0 bridgehead atoms. The zero-order chi connectivity index (χ0) is 23.2. The second-order valence-electron chi connectivity index (χ2n) is 7.78. The first-order chi connectivity index (χ1) is 16.1. The first kappa shape index (κ1) is 22.2. The molecule has 0 spiro atoms. The number of hydrogen-bond acceptors (Lipinski definition) is 4. The molecule has 0 aromatic heterocycles. The van der Waals surface area contributed by atoms with Crippen molar-refractivity contribution < 1.29 is 19.1 Å². The topological polar surface area (TPSA) is 79.9 Å². The molecule has 1 atom stereocenters. The fraction of sp³-hybridized carbons (Fsp3) is 0.231. The molecular formula is C26H27N3O4. The van der Waals surface area contributed by atoms with E-state index in [2.05, 4.69) is 10.6 Å². The minimum absolute atomic E-state index is 0.138. The van der Waals surface area contributed by atoms with Crippen LogP contribution in [0.25, 0.3) is 0 Å². The number of urea groups is 1. The highest BCUT2D eigenvalue weighted by Gasteiger charge is 2.31. The number of nitrogens with zero attached hydrogens (tertiary/aromatic N) is 1. The molecule has 0 radical (unpaired) electrons. The van der Waals surface area contributed by atoms with Crippen LogP contribution in [0.2, 0.25) is 0 Å². The zero-order valence-electron chi connectivity index (χ0n) is 18.7. The highest BCUT2D eigenvalue weighted by molar-refractivity contribution is 6.02. The maximum atomic E-state index is 13.5. The number of ether oxygens (including phenoxy) is 2. The molecule has 170 valence electrons. The molecule has 3 amide bonds. The minimum atomic E-state index is -0.734. The van der Waals surface area contributed by atoms with Crippen molar-refractivity contribution >= 4 is 23.3 Å². The highest BCUT2D eigenvalue weighted by Crippen LogP contribution is 2.30. The summed E-state index contributed by atoms with van der Waals surface area (Å²) in [6.07, 6.45) is 1.18. The van der Waals surface area contributed by atoms with Gasteiger partial charge in [-0.3, -0.25) is 4.79 Å². The number of nitrogens with one attached hydrogen (secondary N) is 2. The van der Waals surface area contributed by atoms with Crippen LogP contribution in [0.15, 0.2) is 72.8 Å². The van der Waals surface area contributed by atoms with E-state index in [4.69, 9.17) is 9.47 Å². The Hall–Kier alpha value is -4.00. The third kappa shape index (κ3) is 5.09. The number of amides is 3. The molecule has 0 saturated carbocycles. The Morgan fingerprint density at radius 3 is 2.48 bits per heavy atom. The van der Waals surface area contributed by atoms with Crippen LogP contribution in [-0.4, -0.2) is 38.7 Å². The first-order valence-electron chi connectivity index (χ1n) is 10.8. The van der Waals surface area contributed by atoms with E-state index in [1.165, 1.54) is 7.11 Å². The van der Waals surface area contributed by atoms with Gasteiger partial charge in [0.15, 0.2) is 0 Å². The molecule has 3 aromatic carbocycles. The predicted octanol–water partition coefficient (Wildman–Crippen LogP) is 4.03. The Kier molecular flexibility index (Phi) is 6.78. The maximum absolute atomic E-state index is 13.5. The lowest BCUT2D eigenvalue weighted by Crippen LogP contribution is -2.50. The number of methoxy groups -OCH3 is 2. The van der Waals surface area contributed by atoms with Gasteiger partial charge in [0.05, 0.1) is 19.9 Å². The quantitative estimate of drug-likeness (QED) is 0.576. The van der Waals surface area contributed by atoms with Crippen molar-refractivity contribution in [2.45, 2.75) is 18.9 Å². The van der Waals surface area contributed by atoms with Gasteiger partial charge in [0.25, 0.3) is 0 Å². The van der Waals surface area contributed by atoms with Crippen molar-refractivity contribution in [3.63, 3.8) is 0 Å². The molecule has 2 N–H and O–H groups in total. The largest absolute Gasteiger partial charge is 0.497 e. The molecule has 33 heavy (non-hydrogen) atoms. The molecule has 7 heteroatoms. The van der Waals surface area contributed by atoms with Gasteiger partial charge in [0, 0.05) is 24.7 Å². The third-order valence-electron chi connectivity index (χ3n) is 5.70. The molecule has 4 rings (SSSR count). The van der Waals surface area contributed by atoms with Crippen molar-refractivity contribution in [1.29, 1.82) is 0 Å². The Morgan fingerprint density at radius 2 is 1.73 bits per heavy atom. The molecule has 1 aliphatic heterocycles. The van der Waals surface area contributed by atoms with Gasteiger partial charge in [-0.05, 0) is 35.7 Å². The second kappa shape index (κ2) is 10.1. The molecular weight excluding hydrogens is 418 g/mol. The smallest absolute Gasteiger partial charge is 0.320 e. The molecule has 0 aliphatic carbocycles. The molecule has 7 nitrogen and oxygen atoms in total. The van der Waals surface area contributed by atoms with Gasteiger partial charge in [0.1, 0.15) is 17.5 Å². The van der Waals surface area contributed by atoms with Crippen LogP contribution in [0, 0.1) is 0 Å². The molecule has 1 heterocycles. The summed E-state index contributed by atoms with van der Waals surface area (Å²) in [5.41, 5.74) is 3.48. The average Bonchev–Trinajstić information content (AvgIpc) is 3.28. The van der Waals surface area contributed by atoms with Gasteiger partial charge >= 0.3 is 6.03 Å². The first-order valence-corrected chi connectivity index (χ1v) is 10.8. The van der Waals surface area contributed by atoms with Crippen molar-refractivity contribution in [2.75, 3.05) is 31.0 Å². The molecule has 3 aromatic rings. The summed E-state index contributed by atoms with van der Waals surface area (Å²) in [4.78, 5) is 28.2. The standard InChI is InChI=1S/C26H27N3O4/c1-32-20-12-13-21(24(17-20)33-2)27-26(31)28-22(16-18-8-4-3-5-9-18)25(30)29-15-14-19-10-6-7-11-23(19)29/h3-13,17,22H,14-16H2,1-2H3,(H2,27,28,31)/t22-/m1/s1. The number of fused-ring (bicyclic) bond motifs is 1. The van der Waals surface area contributed by atoms with Gasteiger partial charge < -0.3 is 25.0 Å². The van der Waals surface area contributed by atoms with Crippen LogP contribution >= 0.6 is 0 Å². The monoisotopic (exact) mass is 445 g/mol. The van der Waals surface area contributed by atoms with Crippen LogP contribution in [-0.2, 0) is 17.6 Å². The van der Waals surface area contributed by atoms with Crippen molar-refractivity contribution in [1.82, 2.24) is 5.32 Å². The van der Waals surface area contributed by atoms with Crippen LogP contribution in [0.5, 0.6) is 11.5 Å². The zero-order valence-corrected chi connectivity index (χ0v) is 18.7. The number of para-hydroxylation sites is 1. The van der Waals surface area contributed by atoms with Gasteiger partial charge in [-0.15, -0.1) is 0 Å². The van der Waals surface area contributed by atoms with E-state index in [1.807, 2.05) is 54.6 Å². The van der Waals surface area contributed by atoms with Crippen LogP contribution in [0.3, 0.4) is 0 Å². The van der Waals surface area contributed by atoms with E-state index in [0.717, 1.165) is 23.2 Å².